The summed E-state index contributed by atoms with van der Waals surface area (Å²) in [5, 5.41) is 5.04. The fourth-order valence-corrected chi connectivity index (χ4v) is 6.85. The van der Waals surface area contributed by atoms with E-state index in [1.165, 1.54) is 33.8 Å². The molecule has 1 aliphatic heterocycles. The minimum Gasteiger partial charge on any atom is -0.495 e. The number of hydrogen-bond donors (Lipinski definition) is 1. The Hall–Kier alpha value is -3.22. The Morgan fingerprint density at radius 2 is 1.83 bits per heavy atom. The first-order valence-electron chi connectivity index (χ1n) is 11.9. The van der Waals surface area contributed by atoms with Crippen LogP contribution in [0.15, 0.2) is 66.9 Å². The van der Waals surface area contributed by atoms with Crippen molar-refractivity contribution in [2.75, 3.05) is 12.4 Å². The van der Waals surface area contributed by atoms with Crippen molar-refractivity contribution >= 4 is 34.7 Å². The number of nitrogens with one attached hydrogen (secondary N) is 1. The first kappa shape index (κ1) is 22.3. The topological polar surface area (TPSA) is 46.5 Å². The molecule has 0 spiro atoms. The molecule has 35 heavy (non-hydrogen) atoms. The molecule has 6 rings (SSSR count). The van der Waals surface area contributed by atoms with E-state index in [2.05, 4.69) is 28.2 Å². The number of thiophene rings is 1. The number of carbonyl (C=O) groups excluding carboxylic acids is 1. The number of para-hydroxylation sites is 2. The smallest absolute Gasteiger partial charge is 0.323 e. The SMILES string of the molecule is COc1ccccc1NC(=O)N1Cc2c(sc3c2CCCC3)-n2cccc2C1c1ccc(Cl)cc1. The van der Waals surface area contributed by atoms with Crippen molar-refractivity contribution in [2.24, 2.45) is 0 Å². The highest BCUT2D eigenvalue weighted by Crippen LogP contribution is 2.44. The molecule has 0 saturated heterocycles. The summed E-state index contributed by atoms with van der Waals surface area (Å²) in [4.78, 5) is 17.4. The third-order valence-electron chi connectivity index (χ3n) is 6.97. The van der Waals surface area contributed by atoms with Gasteiger partial charge < -0.3 is 19.5 Å². The number of ether oxygens (including phenoxy) is 1. The zero-order chi connectivity index (χ0) is 23.9. The monoisotopic (exact) mass is 503 g/mol. The van der Waals surface area contributed by atoms with Gasteiger partial charge in [-0.2, -0.15) is 0 Å². The van der Waals surface area contributed by atoms with Gasteiger partial charge >= 0.3 is 6.03 Å². The van der Waals surface area contributed by atoms with Gasteiger partial charge in [-0.15, -0.1) is 11.3 Å². The lowest BCUT2D eigenvalue weighted by Crippen LogP contribution is -2.38. The van der Waals surface area contributed by atoms with Crippen LogP contribution in [0, 0.1) is 0 Å². The Morgan fingerprint density at radius 3 is 2.66 bits per heavy atom. The first-order valence-corrected chi connectivity index (χ1v) is 13.1. The molecule has 1 aliphatic carbocycles. The third kappa shape index (κ3) is 3.91. The number of hydrogen-bond acceptors (Lipinski definition) is 3. The highest BCUT2D eigenvalue weighted by molar-refractivity contribution is 7.15. The van der Waals surface area contributed by atoms with E-state index in [0.29, 0.717) is 23.0 Å². The zero-order valence-electron chi connectivity index (χ0n) is 19.5. The summed E-state index contributed by atoms with van der Waals surface area (Å²) in [7, 11) is 1.62. The number of methoxy groups -OCH3 is 1. The number of halogens is 1. The molecule has 0 saturated carbocycles. The Bertz CT molecular complexity index is 1390. The van der Waals surface area contributed by atoms with Crippen molar-refractivity contribution < 1.29 is 9.53 Å². The van der Waals surface area contributed by atoms with Crippen LogP contribution in [0.2, 0.25) is 5.02 Å². The van der Waals surface area contributed by atoms with Crippen LogP contribution in [0.25, 0.3) is 5.00 Å². The highest BCUT2D eigenvalue weighted by Gasteiger charge is 2.36. The lowest BCUT2D eigenvalue weighted by Gasteiger charge is -2.31. The van der Waals surface area contributed by atoms with Crippen LogP contribution in [-0.4, -0.2) is 22.6 Å². The molecule has 0 radical (unpaired) electrons. The van der Waals surface area contributed by atoms with E-state index in [4.69, 9.17) is 16.3 Å². The van der Waals surface area contributed by atoms with E-state index < -0.39 is 0 Å². The summed E-state index contributed by atoms with van der Waals surface area (Å²) < 4.78 is 7.78. The maximum Gasteiger partial charge on any atom is 0.323 e. The van der Waals surface area contributed by atoms with Crippen LogP contribution in [0.4, 0.5) is 10.5 Å². The number of benzene rings is 2. The molecule has 0 fully saturated rings. The molecule has 4 aromatic rings. The van der Waals surface area contributed by atoms with Crippen LogP contribution < -0.4 is 10.1 Å². The maximum absolute atomic E-state index is 14.0. The molecule has 5 nitrogen and oxygen atoms in total. The molecule has 1 N–H and O–H groups in total. The number of carbonyl (C=O) groups is 1. The number of fused-ring (bicyclic) bond motifs is 5. The molecule has 3 heterocycles. The molecule has 178 valence electrons. The van der Waals surface area contributed by atoms with E-state index in [9.17, 15) is 4.79 Å². The molecule has 7 heteroatoms. The number of nitrogens with zero attached hydrogens (tertiary/aromatic N) is 2. The number of aryl methyl sites for hydroxylation is 1. The Morgan fingerprint density at radius 1 is 1.03 bits per heavy atom. The average Bonchev–Trinajstić information content (AvgIpc) is 3.47. The van der Waals surface area contributed by atoms with Crippen molar-refractivity contribution in [3.63, 3.8) is 0 Å². The van der Waals surface area contributed by atoms with E-state index in [-0.39, 0.29) is 12.1 Å². The standard InChI is InChI=1S/C28H26ClN3O2S/c1-34-24-10-4-3-8-22(24)30-28(33)32-17-21-20-7-2-5-11-25(20)35-27(21)31-16-6-9-23(31)26(32)18-12-14-19(29)15-13-18/h3-4,6,8-10,12-16,26H,2,5,7,11,17H2,1H3,(H,30,33). The quantitative estimate of drug-likeness (QED) is 0.321. The second-order valence-corrected chi connectivity index (χ2v) is 10.5. The van der Waals surface area contributed by atoms with E-state index >= 15 is 0 Å². The van der Waals surface area contributed by atoms with Crippen LogP contribution in [0.3, 0.4) is 0 Å². The van der Waals surface area contributed by atoms with Gasteiger partial charge in [-0.05, 0) is 73.2 Å². The molecular weight excluding hydrogens is 478 g/mol. The summed E-state index contributed by atoms with van der Waals surface area (Å²) >= 11 is 8.11. The van der Waals surface area contributed by atoms with E-state index in [1.54, 1.807) is 7.11 Å². The molecule has 2 aliphatic rings. The number of aromatic nitrogens is 1. The summed E-state index contributed by atoms with van der Waals surface area (Å²) in [5.74, 6) is 0.635. The van der Waals surface area contributed by atoms with Gasteiger partial charge in [0.05, 0.1) is 31.1 Å². The minimum atomic E-state index is -0.268. The predicted octanol–water partition coefficient (Wildman–Crippen LogP) is 7.22. The van der Waals surface area contributed by atoms with Gasteiger partial charge in [-0.3, -0.25) is 0 Å². The van der Waals surface area contributed by atoms with Gasteiger partial charge in [-0.1, -0.05) is 35.9 Å². The molecule has 1 atom stereocenters. The summed E-state index contributed by atoms with van der Waals surface area (Å²) in [6.07, 6.45) is 6.75. The second-order valence-electron chi connectivity index (χ2n) is 9.01. The largest absolute Gasteiger partial charge is 0.495 e. The third-order valence-corrected chi connectivity index (χ3v) is 8.56. The minimum absolute atomic E-state index is 0.161. The number of amides is 2. The van der Waals surface area contributed by atoms with Crippen LogP contribution in [0.5, 0.6) is 5.75 Å². The number of urea groups is 1. The fraction of sp³-hybridized carbons (Fsp3) is 0.250. The van der Waals surface area contributed by atoms with Crippen LogP contribution in [-0.2, 0) is 19.4 Å². The zero-order valence-corrected chi connectivity index (χ0v) is 21.0. The van der Waals surface area contributed by atoms with Crippen LogP contribution >= 0.6 is 22.9 Å². The van der Waals surface area contributed by atoms with Gasteiger partial charge in [0.1, 0.15) is 10.8 Å². The average molecular weight is 504 g/mol. The predicted molar refractivity (Wildman–Crippen MR) is 141 cm³/mol. The van der Waals surface area contributed by atoms with Crippen LogP contribution in [0.1, 0.15) is 46.1 Å². The first-order chi connectivity index (χ1) is 17.1. The lowest BCUT2D eigenvalue weighted by molar-refractivity contribution is 0.194. The van der Waals surface area contributed by atoms with Crippen molar-refractivity contribution in [1.29, 1.82) is 0 Å². The van der Waals surface area contributed by atoms with E-state index in [0.717, 1.165) is 24.1 Å². The fourth-order valence-electron chi connectivity index (χ4n) is 5.32. The Labute approximate surface area is 213 Å². The number of anilines is 1. The van der Waals surface area contributed by atoms with Gasteiger partial charge in [0, 0.05) is 21.7 Å². The van der Waals surface area contributed by atoms with Crippen molar-refractivity contribution in [1.82, 2.24) is 9.47 Å². The normalized spacial score (nSPS) is 16.6. The molecular formula is C28H26ClN3O2S. The molecule has 2 aromatic heterocycles. The van der Waals surface area contributed by atoms with Gasteiger partial charge in [0.25, 0.3) is 0 Å². The van der Waals surface area contributed by atoms with Gasteiger partial charge in [0.15, 0.2) is 0 Å². The Balaban J connectivity index is 1.50. The second kappa shape index (κ2) is 9.10. The lowest BCUT2D eigenvalue weighted by atomic mass is 9.95. The van der Waals surface area contributed by atoms with Gasteiger partial charge in [0.2, 0.25) is 0 Å². The molecule has 2 aromatic carbocycles. The molecule has 2 amide bonds. The van der Waals surface area contributed by atoms with Crippen molar-refractivity contribution in [3.05, 3.63) is 99.1 Å². The summed E-state index contributed by atoms with van der Waals surface area (Å²) in [5.41, 5.74) is 5.45. The summed E-state index contributed by atoms with van der Waals surface area (Å²) in [6, 6.07) is 19.1. The number of rotatable bonds is 3. The van der Waals surface area contributed by atoms with Crippen molar-refractivity contribution in [3.8, 4) is 10.8 Å². The van der Waals surface area contributed by atoms with Gasteiger partial charge in [-0.25, -0.2) is 4.79 Å². The maximum atomic E-state index is 14.0. The molecule has 0 bridgehead atoms. The Kier molecular flexibility index (Phi) is 5.78. The van der Waals surface area contributed by atoms with Crippen molar-refractivity contribution in [2.45, 2.75) is 38.3 Å². The molecule has 1 unspecified atom stereocenters. The highest BCUT2D eigenvalue weighted by atomic mass is 35.5. The summed E-state index contributed by atoms with van der Waals surface area (Å²) in [6.45, 7) is 0.539. The van der Waals surface area contributed by atoms with E-state index in [1.807, 2.05) is 64.8 Å².